The van der Waals surface area contributed by atoms with Gasteiger partial charge in [0.1, 0.15) is 0 Å². The van der Waals surface area contributed by atoms with Crippen LogP contribution < -0.4 is 10.6 Å². The van der Waals surface area contributed by atoms with Crippen LogP contribution in [0.25, 0.3) is 0 Å². The molecule has 0 aromatic carbocycles. The minimum atomic E-state index is -0.190. The highest BCUT2D eigenvalue weighted by atomic mass is 16.7. The Morgan fingerprint density at radius 3 is 2.56 bits per heavy atom. The summed E-state index contributed by atoms with van der Waals surface area (Å²) in [5.41, 5.74) is 1.97. The summed E-state index contributed by atoms with van der Waals surface area (Å²) in [6.45, 7) is 0.752. The Kier molecular flexibility index (Phi) is 6.75. The first-order valence-corrected chi connectivity index (χ1v) is 6.46. The van der Waals surface area contributed by atoms with Gasteiger partial charge in [0.2, 0.25) is 5.91 Å². The van der Waals surface area contributed by atoms with Crippen LogP contribution in [-0.2, 0) is 14.3 Å². The van der Waals surface area contributed by atoms with E-state index in [4.69, 9.17) is 9.47 Å². The number of carbonyl (C=O) groups excluding carboxylic acids is 1. The van der Waals surface area contributed by atoms with E-state index in [0.29, 0.717) is 0 Å². The normalized spacial score (nSPS) is 16.0. The molecule has 0 radical (unpaired) electrons. The molecule has 2 N–H and O–H groups in total. The lowest BCUT2D eigenvalue weighted by atomic mass is 9.95. The van der Waals surface area contributed by atoms with E-state index in [1.807, 2.05) is 0 Å². The van der Waals surface area contributed by atoms with Gasteiger partial charge in [-0.2, -0.15) is 0 Å². The average molecular weight is 256 g/mol. The molecule has 0 saturated heterocycles. The van der Waals surface area contributed by atoms with Crippen molar-refractivity contribution in [3.05, 3.63) is 11.3 Å². The van der Waals surface area contributed by atoms with Gasteiger partial charge in [-0.15, -0.1) is 0 Å². The largest absolute Gasteiger partial charge is 0.388 e. The van der Waals surface area contributed by atoms with Gasteiger partial charge in [0.15, 0.2) is 6.29 Å². The number of hydrogen-bond acceptors (Lipinski definition) is 4. The second-order valence-electron chi connectivity index (χ2n) is 4.36. The van der Waals surface area contributed by atoms with Crippen molar-refractivity contribution in [1.29, 1.82) is 0 Å². The minimum absolute atomic E-state index is 0.0345. The van der Waals surface area contributed by atoms with Gasteiger partial charge in [0.25, 0.3) is 0 Å². The molecular weight excluding hydrogens is 232 g/mol. The van der Waals surface area contributed by atoms with Crippen molar-refractivity contribution in [2.45, 2.75) is 38.4 Å². The number of amides is 1. The van der Waals surface area contributed by atoms with E-state index in [1.165, 1.54) is 0 Å². The highest BCUT2D eigenvalue weighted by Crippen LogP contribution is 2.23. The van der Waals surface area contributed by atoms with E-state index in [0.717, 1.165) is 49.9 Å². The molecule has 5 heteroatoms. The van der Waals surface area contributed by atoms with Crippen molar-refractivity contribution in [3.8, 4) is 0 Å². The molecule has 0 atom stereocenters. The van der Waals surface area contributed by atoms with Gasteiger partial charge in [-0.3, -0.25) is 4.79 Å². The van der Waals surface area contributed by atoms with Crippen LogP contribution in [0.4, 0.5) is 0 Å². The maximum atomic E-state index is 11.7. The summed E-state index contributed by atoms with van der Waals surface area (Å²) in [4.78, 5) is 11.7. The Hall–Kier alpha value is -1.07. The summed E-state index contributed by atoms with van der Waals surface area (Å²) in [7, 11) is 4.93. The van der Waals surface area contributed by atoms with E-state index in [1.54, 1.807) is 21.3 Å². The number of nitrogens with one attached hydrogen (secondary N) is 2. The van der Waals surface area contributed by atoms with Crippen molar-refractivity contribution in [3.63, 3.8) is 0 Å². The van der Waals surface area contributed by atoms with Crippen LogP contribution in [0, 0.1) is 0 Å². The highest BCUT2D eigenvalue weighted by Gasteiger charge is 2.18. The fraction of sp³-hybridized carbons (Fsp3) is 0.769. The molecule has 0 heterocycles. The maximum absolute atomic E-state index is 11.7. The van der Waals surface area contributed by atoms with E-state index < -0.39 is 0 Å². The fourth-order valence-electron chi connectivity index (χ4n) is 2.17. The van der Waals surface area contributed by atoms with Gasteiger partial charge in [-0.1, -0.05) is 0 Å². The van der Waals surface area contributed by atoms with Crippen LogP contribution in [0.3, 0.4) is 0 Å². The Balaban J connectivity index is 2.51. The molecule has 1 amide bonds. The SMILES string of the molecule is CNC(=O)C1=C(NCCC(OC)OC)CCCC1. The Bertz CT molecular complexity index is 299. The lowest BCUT2D eigenvalue weighted by Crippen LogP contribution is -2.29. The zero-order valence-corrected chi connectivity index (χ0v) is 11.5. The van der Waals surface area contributed by atoms with Crippen molar-refractivity contribution in [1.82, 2.24) is 10.6 Å². The van der Waals surface area contributed by atoms with Crippen LogP contribution in [0.15, 0.2) is 11.3 Å². The molecule has 0 aromatic heterocycles. The molecule has 0 spiro atoms. The summed E-state index contributed by atoms with van der Waals surface area (Å²) < 4.78 is 10.3. The number of likely N-dealkylation sites (N-methyl/N-ethyl adjacent to an activating group) is 1. The second kappa shape index (κ2) is 8.11. The van der Waals surface area contributed by atoms with Gasteiger partial charge >= 0.3 is 0 Å². The highest BCUT2D eigenvalue weighted by molar-refractivity contribution is 5.94. The molecule has 0 aliphatic heterocycles. The predicted octanol–water partition coefficient (Wildman–Crippen LogP) is 1.16. The first-order valence-electron chi connectivity index (χ1n) is 6.46. The monoisotopic (exact) mass is 256 g/mol. The summed E-state index contributed by atoms with van der Waals surface area (Å²) >= 11 is 0. The smallest absolute Gasteiger partial charge is 0.248 e. The minimum Gasteiger partial charge on any atom is -0.388 e. The van der Waals surface area contributed by atoms with Crippen LogP contribution in [-0.4, -0.2) is 40.0 Å². The Labute approximate surface area is 109 Å². The standard InChI is InChI=1S/C13H24N2O3/c1-14-13(16)10-6-4-5-7-11(10)15-9-8-12(17-2)18-3/h12,15H,4-9H2,1-3H3,(H,14,16). The quantitative estimate of drug-likeness (QED) is 0.671. The average Bonchev–Trinajstić information content (AvgIpc) is 2.43. The third kappa shape index (κ3) is 4.31. The molecule has 1 rings (SSSR count). The van der Waals surface area contributed by atoms with Gasteiger partial charge in [-0.25, -0.2) is 0 Å². The molecule has 104 valence electrons. The molecule has 0 aromatic rings. The summed E-state index contributed by atoms with van der Waals surface area (Å²) in [6.07, 6.45) is 4.61. The lowest BCUT2D eigenvalue weighted by Gasteiger charge is -2.21. The van der Waals surface area contributed by atoms with E-state index in [-0.39, 0.29) is 12.2 Å². The third-order valence-electron chi connectivity index (χ3n) is 3.21. The first kappa shape index (κ1) is 15.0. The molecular formula is C13H24N2O3. The third-order valence-corrected chi connectivity index (χ3v) is 3.21. The van der Waals surface area contributed by atoms with Gasteiger partial charge in [0.05, 0.1) is 0 Å². The predicted molar refractivity (Wildman–Crippen MR) is 70.0 cm³/mol. The summed E-state index contributed by atoms with van der Waals surface area (Å²) in [5, 5.41) is 6.04. The number of hydrogen-bond donors (Lipinski definition) is 2. The van der Waals surface area contributed by atoms with Crippen molar-refractivity contribution < 1.29 is 14.3 Å². The zero-order chi connectivity index (χ0) is 13.4. The molecule has 18 heavy (non-hydrogen) atoms. The number of ether oxygens (including phenoxy) is 2. The number of rotatable bonds is 7. The maximum Gasteiger partial charge on any atom is 0.248 e. The van der Waals surface area contributed by atoms with Crippen LogP contribution in [0.5, 0.6) is 0 Å². The van der Waals surface area contributed by atoms with Crippen molar-refractivity contribution >= 4 is 5.91 Å². The van der Waals surface area contributed by atoms with Crippen LogP contribution >= 0.6 is 0 Å². The summed E-state index contributed by atoms with van der Waals surface area (Å²) in [6, 6.07) is 0. The number of methoxy groups -OCH3 is 2. The summed E-state index contributed by atoms with van der Waals surface area (Å²) in [5.74, 6) is 0.0345. The lowest BCUT2D eigenvalue weighted by molar-refractivity contribution is -0.117. The molecule has 1 aliphatic carbocycles. The molecule has 5 nitrogen and oxygen atoms in total. The second-order valence-corrected chi connectivity index (χ2v) is 4.36. The zero-order valence-electron chi connectivity index (χ0n) is 11.5. The van der Waals surface area contributed by atoms with E-state index in [2.05, 4.69) is 10.6 Å². The van der Waals surface area contributed by atoms with Gasteiger partial charge in [0, 0.05) is 45.5 Å². The first-order chi connectivity index (χ1) is 8.72. The number of allylic oxidation sites excluding steroid dienone is 1. The van der Waals surface area contributed by atoms with Crippen molar-refractivity contribution in [2.24, 2.45) is 0 Å². The molecule has 0 fully saturated rings. The topological polar surface area (TPSA) is 59.6 Å². The Morgan fingerprint density at radius 2 is 1.94 bits per heavy atom. The molecule has 0 unspecified atom stereocenters. The van der Waals surface area contributed by atoms with Gasteiger partial charge < -0.3 is 20.1 Å². The fourth-order valence-corrected chi connectivity index (χ4v) is 2.17. The van der Waals surface area contributed by atoms with E-state index >= 15 is 0 Å². The van der Waals surface area contributed by atoms with E-state index in [9.17, 15) is 4.79 Å². The van der Waals surface area contributed by atoms with Gasteiger partial charge in [-0.05, 0) is 25.7 Å². The van der Waals surface area contributed by atoms with Crippen molar-refractivity contribution in [2.75, 3.05) is 27.8 Å². The molecule has 0 bridgehead atoms. The van der Waals surface area contributed by atoms with Crippen LogP contribution in [0.2, 0.25) is 0 Å². The molecule has 1 aliphatic rings. The van der Waals surface area contributed by atoms with Crippen LogP contribution in [0.1, 0.15) is 32.1 Å². The number of carbonyl (C=O) groups is 1. The Morgan fingerprint density at radius 1 is 1.28 bits per heavy atom. The molecule has 0 saturated carbocycles.